The Morgan fingerprint density at radius 1 is 1.10 bits per heavy atom. The maximum absolute atomic E-state index is 6.47. The highest BCUT2D eigenvalue weighted by atomic mass is 32.2. The van der Waals surface area contributed by atoms with E-state index in [2.05, 4.69) is 41.6 Å². The number of methoxy groups -OCH3 is 1. The lowest BCUT2D eigenvalue weighted by atomic mass is 9.97. The maximum atomic E-state index is 6.47. The summed E-state index contributed by atoms with van der Waals surface area (Å²) in [5, 5.41) is 6.99. The van der Waals surface area contributed by atoms with Gasteiger partial charge in [0, 0.05) is 22.4 Å². The summed E-state index contributed by atoms with van der Waals surface area (Å²) in [6.45, 7) is 1.95. The highest BCUT2D eigenvalue weighted by Gasteiger charge is 2.42. The van der Waals surface area contributed by atoms with Gasteiger partial charge in [-0.15, -0.1) is 11.8 Å². The van der Waals surface area contributed by atoms with Crippen molar-refractivity contribution in [3.05, 3.63) is 77.2 Å². The standard InChI is InChI=1S/C23H22N2O3S/c1-14-7-12-20(27-14)18-13-19-17-5-4-6-21(26-2)22(17)28-23(25(19)24-18)15-8-10-16(29-3)11-9-15/h4-12,19,23H,13H2,1-3H3/t19-,23-/m1/s1. The van der Waals surface area contributed by atoms with E-state index in [9.17, 15) is 0 Å². The second-order valence-electron chi connectivity index (χ2n) is 7.18. The van der Waals surface area contributed by atoms with E-state index in [1.54, 1.807) is 18.9 Å². The number of hydrazone groups is 1. The fourth-order valence-electron chi connectivity index (χ4n) is 3.97. The molecule has 0 saturated carbocycles. The number of furan rings is 1. The molecular formula is C23H22N2O3S. The molecule has 5 rings (SSSR count). The minimum atomic E-state index is -0.326. The number of rotatable bonds is 4. The van der Waals surface area contributed by atoms with Crippen LogP contribution in [0.15, 0.2) is 69.0 Å². The van der Waals surface area contributed by atoms with E-state index in [1.165, 1.54) is 4.90 Å². The molecule has 3 heterocycles. The Labute approximate surface area is 174 Å². The minimum Gasteiger partial charge on any atom is -0.493 e. The van der Waals surface area contributed by atoms with Crippen molar-refractivity contribution < 1.29 is 13.9 Å². The zero-order valence-corrected chi connectivity index (χ0v) is 17.4. The number of ether oxygens (including phenoxy) is 2. The summed E-state index contributed by atoms with van der Waals surface area (Å²) >= 11 is 1.72. The van der Waals surface area contributed by atoms with Gasteiger partial charge in [0.2, 0.25) is 6.23 Å². The van der Waals surface area contributed by atoms with Crippen LogP contribution in [0.5, 0.6) is 11.5 Å². The first-order valence-electron chi connectivity index (χ1n) is 9.58. The largest absolute Gasteiger partial charge is 0.493 e. The molecule has 0 unspecified atom stereocenters. The molecule has 0 spiro atoms. The summed E-state index contributed by atoms with van der Waals surface area (Å²) in [7, 11) is 1.68. The third-order valence-corrected chi connectivity index (χ3v) is 6.17. The topological polar surface area (TPSA) is 47.2 Å². The lowest BCUT2D eigenvalue weighted by Crippen LogP contribution is -2.33. The van der Waals surface area contributed by atoms with Gasteiger partial charge in [-0.2, -0.15) is 5.10 Å². The summed E-state index contributed by atoms with van der Waals surface area (Å²) in [6, 6.07) is 18.5. The predicted molar refractivity (Wildman–Crippen MR) is 114 cm³/mol. The Morgan fingerprint density at radius 3 is 2.62 bits per heavy atom. The summed E-state index contributed by atoms with van der Waals surface area (Å²) < 4.78 is 17.9. The summed E-state index contributed by atoms with van der Waals surface area (Å²) in [6.07, 6.45) is 2.51. The van der Waals surface area contributed by atoms with Crippen LogP contribution in [0.1, 0.15) is 41.3 Å². The lowest BCUT2D eigenvalue weighted by Gasteiger charge is -2.38. The fourth-order valence-corrected chi connectivity index (χ4v) is 4.38. The van der Waals surface area contributed by atoms with Gasteiger partial charge in [-0.25, -0.2) is 5.01 Å². The first-order chi connectivity index (χ1) is 14.2. The number of thioether (sulfide) groups is 1. The lowest BCUT2D eigenvalue weighted by molar-refractivity contribution is -0.0209. The second-order valence-corrected chi connectivity index (χ2v) is 8.06. The third-order valence-electron chi connectivity index (χ3n) is 5.43. The van der Waals surface area contributed by atoms with Crippen LogP contribution in [0.4, 0.5) is 0 Å². The van der Waals surface area contributed by atoms with E-state index in [0.29, 0.717) is 0 Å². The SMILES string of the molecule is COc1cccc2c1O[C@H](c1ccc(SC)cc1)N1N=C(c3ccc(C)o3)C[C@H]21. The molecule has 5 nitrogen and oxygen atoms in total. The van der Waals surface area contributed by atoms with Gasteiger partial charge in [0.15, 0.2) is 11.5 Å². The number of para-hydroxylation sites is 1. The molecule has 3 aromatic rings. The molecule has 0 saturated heterocycles. The number of hydrogen-bond donors (Lipinski definition) is 0. The van der Waals surface area contributed by atoms with Crippen LogP contribution in [0.2, 0.25) is 0 Å². The van der Waals surface area contributed by atoms with E-state index in [4.69, 9.17) is 19.0 Å². The number of benzene rings is 2. The van der Waals surface area contributed by atoms with Crippen molar-refractivity contribution in [3.8, 4) is 11.5 Å². The quantitative estimate of drug-likeness (QED) is 0.531. The average molecular weight is 407 g/mol. The van der Waals surface area contributed by atoms with Crippen LogP contribution in [0.3, 0.4) is 0 Å². The maximum Gasteiger partial charge on any atom is 0.214 e. The van der Waals surface area contributed by atoms with Gasteiger partial charge < -0.3 is 13.9 Å². The van der Waals surface area contributed by atoms with E-state index in [0.717, 1.165) is 46.3 Å². The van der Waals surface area contributed by atoms with Crippen molar-refractivity contribution in [3.63, 3.8) is 0 Å². The molecule has 2 aromatic carbocycles. The van der Waals surface area contributed by atoms with Crippen LogP contribution in [0, 0.1) is 6.92 Å². The van der Waals surface area contributed by atoms with E-state index in [-0.39, 0.29) is 12.3 Å². The molecule has 2 aliphatic heterocycles. The van der Waals surface area contributed by atoms with E-state index in [1.807, 2.05) is 31.2 Å². The molecule has 0 amide bonds. The molecule has 29 heavy (non-hydrogen) atoms. The predicted octanol–water partition coefficient (Wildman–Crippen LogP) is 5.56. The van der Waals surface area contributed by atoms with Crippen LogP contribution < -0.4 is 9.47 Å². The Balaban J connectivity index is 1.60. The molecule has 2 atom stereocenters. The molecule has 0 N–H and O–H groups in total. The number of hydrogen-bond acceptors (Lipinski definition) is 6. The summed E-state index contributed by atoms with van der Waals surface area (Å²) in [5.74, 6) is 3.24. The smallest absolute Gasteiger partial charge is 0.214 e. The average Bonchev–Trinajstić information content (AvgIpc) is 3.39. The monoisotopic (exact) mass is 406 g/mol. The van der Waals surface area contributed by atoms with Crippen LogP contribution in [-0.4, -0.2) is 24.1 Å². The number of nitrogens with zero attached hydrogens (tertiary/aromatic N) is 2. The first-order valence-corrected chi connectivity index (χ1v) is 10.8. The zero-order chi connectivity index (χ0) is 20.0. The van der Waals surface area contributed by atoms with Gasteiger partial charge in [0.25, 0.3) is 0 Å². The molecule has 148 valence electrons. The van der Waals surface area contributed by atoms with Crippen LogP contribution in [-0.2, 0) is 0 Å². The Bertz CT molecular complexity index is 1070. The van der Waals surface area contributed by atoms with Crippen molar-refractivity contribution in [2.24, 2.45) is 5.10 Å². The van der Waals surface area contributed by atoms with Crippen LogP contribution >= 0.6 is 11.8 Å². The first kappa shape index (κ1) is 18.2. The van der Waals surface area contributed by atoms with Crippen molar-refractivity contribution >= 4 is 17.5 Å². The Morgan fingerprint density at radius 2 is 1.93 bits per heavy atom. The molecule has 0 radical (unpaired) electrons. The fraction of sp³-hybridized carbons (Fsp3) is 0.261. The van der Waals surface area contributed by atoms with Gasteiger partial charge in [0.1, 0.15) is 17.2 Å². The summed E-state index contributed by atoms with van der Waals surface area (Å²) in [5.41, 5.74) is 3.08. The summed E-state index contributed by atoms with van der Waals surface area (Å²) in [4.78, 5) is 1.22. The van der Waals surface area contributed by atoms with Crippen LogP contribution in [0.25, 0.3) is 0 Å². The van der Waals surface area contributed by atoms with Gasteiger partial charge in [-0.3, -0.25) is 0 Å². The molecule has 0 aliphatic carbocycles. The van der Waals surface area contributed by atoms with E-state index >= 15 is 0 Å². The van der Waals surface area contributed by atoms with Gasteiger partial charge in [-0.1, -0.05) is 24.3 Å². The third kappa shape index (κ3) is 3.08. The normalized spacial score (nSPS) is 20.0. The molecule has 6 heteroatoms. The van der Waals surface area contributed by atoms with E-state index < -0.39 is 0 Å². The zero-order valence-electron chi connectivity index (χ0n) is 16.6. The van der Waals surface area contributed by atoms with Gasteiger partial charge in [-0.05, 0) is 43.5 Å². The number of fused-ring (bicyclic) bond motifs is 3. The Hall–Kier alpha value is -2.86. The highest BCUT2D eigenvalue weighted by Crippen LogP contribution is 2.50. The minimum absolute atomic E-state index is 0.0690. The van der Waals surface area contributed by atoms with Gasteiger partial charge >= 0.3 is 0 Å². The molecular weight excluding hydrogens is 384 g/mol. The molecule has 2 aliphatic rings. The van der Waals surface area contributed by atoms with Crippen molar-refractivity contribution in [1.82, 2.24) is 5.01 Å². The molecule has 1 aromatic heterocycles. The number of aryl methyl sites for hydroxylation is 1. The molecule has 0 bridgehead atoms. The van der Waals surface area contributed by atoms with Crippen molar-refractivity contribution in [1.29, 1.82) is 0 Å². The highest BCUT2D eigenvalue weighted by molar-refractivity contribution is 7.98. The van der Waals surface area contributed by atoms with Gasteiger partial charge in [0.05, 0.1) is 13.2 Å². The molecule has 0 fully saturated rings. The second kappa shape index (κ2) is 7.19. The van der Waals surface area contributed by atoms with Crippen molar-refractivity contribution in [2.75, 3.05) is 13.4 Å². The Kier molecular flexibility index (Phi) is 4.51. The van der Waals surface area contributed by atoms with Crippen molar-refractivity contribution in [2.45, 2.75) is 30.5 Å².